The largest absolute Gasteiger partial charge is 0.491 e. The molecule has 0 N–H and O–H groups in total. The van der Waals surface area contributed by atoms with Crippen LogP contribution in [0.2, 0.25) is 5.02 Å². The fourth-order valence-corrected chi connectivity index (χ4v) is 1.88. The van der Waals surface area contributed by atoms with E-state index in [2.05, 4.69) is 31.9 Å². The maximum absolute atomic E-state index is 5.90. The van der Waals surface area contributed by atoms with Gasteiger partial charge in [-0.25, -0.2) is 0 Å². The Morgan fingerprint density at radius 3 is 2.67 bits per heavy atom. The number of rotatable bonds is 2. The van der Waals surface area contributed by atoms with Crippen LogP contribution >= 0.6 is 43.5 Å². The van der Waals surface area contributed by atoms with Crippen molar-refractivity contribution in [2.75, 3.05) is 6.61 Å². The molecule has 1 rings (SSSR count). The predicted molar refractivity (Wildman–Crippen MR) is 58.0 cm³/mol. The third-order valence-corrected chi connectivity index (χ3v) is 3.57. The smallest absolute Gasteiger partial charge is 0.153 e. The molecule has 0 saturated carbocycles. The van der Waals surface area contributed by atoms with Gasteiger partial charge in [0.15, 0.2) is 5.75 Å². The van der Waals surface area contributed by atoms with Crippen LogP contribution in [0.3, 0.4) is 0 Å². The molecule has 1 aromatic carbocycles. The highest BCUT2D eigenvalue weighted by atomic mass is 79.9. The molecule has 0 spiro atoms. The summed E-state index contributed by atoms with van der Waals surface area (Å²) in [5.74, 6) is 0.688. The second-order valence-corrected chi connectivity index (χ2v) is 4.16. The van der Waals surface area contributed by atoms with Crippen molar-refractivity contribution in [3.63, 3.8) is 0 Å². The van der Waals surface area contributed by atoms with Crippen LogP contribution in [0.25, 0.3) is 0 Å². The van der Waals surface area contributed by atoms with Gasteiger partial charge in [0.25, 0.3) is 0 Å². The summed E-state index contributed by atoms with van der Waals surface area (Å²) >= 11 is 12.6. The fraction of sp³-hybridized carbons (Fsp3) is 0.250. The van der Waals surface area contributed by atoms with Gasteiger partial charge in [-0.05, 0) is 50.9 Å². The molecule has 4 heteroatoms. The minimum atomic E-state index is 0.606. The van der Waals surface area contributed by atoms with Gasteiger partial charge < -0.3 is 4.74 Å². The van der Waals surface area contributed by atoms with E-state index in [4.69, 9.17) is 16.3 Å². The first-order valence-electron chi connectivity index (χ1n) is 3.43. The Labute approximate surface area is 93.3 Å². The molecule has 0 heterocycles. The first kappa shape index (κ1) is 10.4. The SMILES string of the molecule is CCOc1c(Cl)ccc(Br)c1Br. The molecule has 0 aliphatic rings. The second-order valence-electron chi connectivity index (χ2n) is 2.11. The highest BCUT2D eigenvalue weighted by Gasteiger charge is 2.08. The lowest BCUT2D eigenvalue weighted by molar-refractivity contribution is 0.338. The van der Waals surface area contributed by atoms with Crippen LogP contribution in [0.4, 0.5) is 0 Å². The Morgan fingerprint density at radius 2 is 2.08 bits per heavy atom. The van der Waals surface area contributed by atoms with Gasteiger partial charge in [0.2, 0.25) is 0 Å². The van der Waals surface area contributed by atoms with Crippen molar-refractivity contribution >= 4 is 43.5 Å². The summed E-state index contributed by atoms with van der Waals surface area (Å²) in [6.45, 7) is 2.53. The van der Waals surface area contributed by atoms with E-state index in [0.29, 0.717) is 17.4 Å². The van der Waals surface area contributed by atoms with Crippen molar-refractivity contribution in [3.8, 4) is 5.75 Å². The third-order valence-electron chi connectivity index (χ3n) is 1.29. The van der Waals surface area contributed by atoms with Crippen molar-refractivity contribution in [3.05, 3.63) is 26.1 Å². The first-order valence-corrected chi connectivity index (χ1v) is 5.39. The molecule has 0 saturated heterocycles. The van der Waals surface area contributed by atoms with Gasteiger partial charge >= 0.3 is 0 Å². The molecule has 0 aliphatic heterocycles. The zero-order valence-electron chi connectivity index (χ0n) is 6.40. The maximum atomic E-state index is 5.90. The molecule has 0 aliphatic carbocycles. The van der Waals surface area contributed by atoms with Gasteiger partial charge in [0, 0.05) is 4.47 Å². The second kappa shape index (κ2) is 4.49. The predicted octanol–water partition coefficient (Wildman–Crippen LogP) is 4.26. The van der Waals surface area contributed by atoms with Crippen molar-refractivity contribution < 1.29 is 4.74 Å². The zero-order chi connectivity index (χ0) is 9.14. The molecule has 12 heavy (non-hydrogen) atoms. The van der Waals surface area contributed by atoms with Crippen LogP contribution in [0.1, 0.15) is 6.92 Å². The van der Waals surface area contributed by atoms with Crippen LogP contribution in [0.5, 0.6) is 5.75 Å². The molecular weight excluding hydrogens is 307 g/mol. The molecule has 0 unspecified atom stereocenters. The van der Waals surface area contributed by atoms with Crippen LogP contribution < -0.4 is 4.74 Å². The molecule has 1 nitrogen and oxygen atoms in total. The molecule has 0 amide bonds. The lowest BCUT2D eigenvalue weighted by Gasteiger charge is -2.08. The zero-order valence-corrected chi connectivity index (χ0v) is 10.3. The van der Waals surface area contributed by atoms with E-state index < -0.39 is 0 Å². The lowest BCUT2D eigenvalue weighted by Crippen LogP contribution is -1.93. The number of halogens is 3. The molecule has 0 atom stereocenters. The monoisotopic (exact) mass is 312 g/mol. The Bertz CT molecular complexity index is 289. The maximum Gasteiger partial charge on any atom is 0.153 e. The molecule has 0 aromatic heterocycles. The molecule has 66 valence electrons. The lowest BCUT2D eigenvalue weighted by atomic mass is 10.3. The topological polar surface area (TPSA) is 9.23 Å². The average molecular weight is 314 g/mol. The number of hydrogen-bond acceptors (Lipinski definition) is 1. The summed E-state index contributed by atoms with van der Waals surface area (Å²) in [6.07, 6.45) is 0. The molecular formula is C8H7Br2ClO. The van der Waals surface area contributed by atoms with Gasteiger partial charge in [-0.1, -0.05) is 11.6 Å². The standard InChI is InChI=1S/C8H7Br2ClO/c1-2-12-8-6(11)4-3-5(9)7(8)10/h3-4H,2H2,1H3. The fourth-order valence-electron chi connectivity index (χ4n) is 0.785. The van der Waals surface area contributed by atoms with Crippen molar-refractivity contribution in [2.45, 2.75) is 6.92 Å². The van der Waals surface area contributed by atoms with Crippen LogP contribution in [0, 0.1) is 0 Å². The third kappa shape index (κ3) is 2.15. The van der Waals surface area contributed by atoms with Gasteiger partial charge in [-0.15, -0.1) is 0 Å². The van der Waals surface area contributed by atoms with Gasteiger partial charge in [-0.3, -0.25) is 0 Å². The van der Waals surface area contributed by atoms with E-state index in [1.54, 1.807) is 6.07 Å². The first-order chi connectivity index (χ1) is 5.66. The summed E-state index contributed by atoms with van der Waals surface area (Å²) in [6, 6.07) is 3.66. The van der Waals surface area contributed by atoms with Crippen molar-refractivity contribution in [2.24, 2.45) is 0 Å². The van der Waals surface area contributed by atoms with Crippen LogP contribution in [-0.2, 0) is 0 Å². The Balaban J connectivity index is 3.14. The summed E-state index contributed by atoms with van der Waals surface area (Å²) < 4.78 is 7.14. The quantitative estimate of drug-likeness (QED) is 0.741. The van der Waals surface area contributed by atoms with E-state index in [1.165, 1.54) is 0 Å². The molecule has 0 fully saturated rings. The highest BCUT2D eigenvalue weighted by molar-refractivity contribution is 9.13. The van der Waals surface area contributed by atoms with Gasteiger partial charge in [0.1, 0.15) is 0 Å². The van der Waals surface area contributed by atoms with E-state index in [1.807, 2.05) is 13.0 Å². The van der Waals surface area contributed by atoms with Gasteiger partial charge in [0.05, 0.1) is 16.1 Å². The summed E-state index contributed by atoms with van der Waals surface area (Å²) in [4.78, 5) is 0. The summed E-state index contributed by atoms with van der Waals surface area (Å²) in [7, 11) is 0. The summed E-state index contributed by atoms with van der Waals surface area (Å²) in [5, 5.41) is 0.618. The molecule has 0 bridgehead atoms. The number of hydrogen-bond donors (Lipinski definition) is 0. The number of ether oxygens (including phenoxy) is 1. The Morgan fingerprint density at radius 1 is 1.42 bits per heavy atom. The van der Waals surface area contributed by atoms with Gasteiger partial charge in [-0.2, -0.15) is 0 Å². The van der Waals surface area contributed by atoms with E-state index in [9.17, 15) is 0 Å². The minimum absolute atomic E-state index is 0.606. The Hall–Kier alpha value is 0.270. The highest BCUT2D eigenvalue weighted by Crippen LogP contribution is 2.38. The normalized spacial score (nSPS) is 10.0. The van der Waals surface area contributed by atoms with E-state index in [0.717, 1.165) is 8.95 Å². The summed E-state index contributed by atoms with van der Waals surface area (Å²) in [5.41, 5.74) is 0. The average Bonchev–Trinajstić information content (AvgIpc) is 2.06. The van der Waals surface area contributed by atoms with E-state index >= 15 is 0 Å². The Kier molecular flexibility index (Phi) is 3.87. The molecule has 1 aromatic rings. The molecule has 0 radical (unpaired) electrons. The van der Waals surface area contributed by atoms with Crippen LogP contribution in [0.15, 0.2) is 21.1 Å². The van der Waals surface area contributed by atoms with Crippen LogP contribution in [-0.4, -0.2) is 6.61 Å². The number of benzene rings is 1. The minimum Gasteiger partial charge on any atom is -0.491 e. The van der Waals surface area contributed by atoms with Crippen molar-refractivity contribution in [1.82, 2.24) is 0 Å². The van der Waals surface area contributed by atoms with Crippen molar-refractivity contribution in [1.29, 1.82) is 0 Å². The van der Waals surface area contributed by atoms with E-state index in [-0.39, 0.29) is 0 Å².